The van der Waals surface area contributed by atoms with Crippen molar-refractivity contribution in [2.24, 2.45) is 0 Å². The molecule has 0 unspecified atom stereocenters. The molecule has 3 aromatic carbocycles. The fourth-order valence-corrected chi connectivity index (χ4v) is 5.27. The molecule has 0 bridgehead atoms. The number of hydrogen-bond acceptors (Lipinski definition) is 4. The SMILES string of the molecule is CCc1ccc(N2C(=O)NC(=O)/C(=C/c3cc(Br)c(OCc4ccccc4F)c(I)c3)C2=O)cc1. The fraction of sp³-hybridized carbons (Fsp3) is 0.115. The van der Waals surface area contributed by atoms with Crippen molar-refractivity contribution in [3.63, 3.8) is 0 Å². The number of carbonyl (C=O) groups excluding carboxylic acids is 3. The monoisotopic (exact) mass is 648 g/mol. The summed E-state index contributed by atoms with van der Waals surface area (Å²) in [6.45, 7) is 2.04. The Hall–Kier alpha value is -3.05. The number of rotatable bonds is 6. The van der Waals surface area contributed by atoms with Crippen molar-refractivity contribution in [2.75, 3.05) is 4.90 Å². The van der Waals surface area contributed by atoms with E-state index in [-0.39, 0.29) is 18.0 Å². The van der Waals surface area contributed by atoms with E-state index in [1.54, 1.807) is 42.5 Å². The van der Waals surface area contributed by atoms with Crippen LogP contribution >= 0.6 is 38.5 Å². The van der Waals surface area contributed by atoms with Gasteiger partial charge in [-0.05, 0) is 92.5 Å². The third-order valence-corrected chi connectivity index (χ3v) is 6.76. The summed E-state index contributed by atoms with van der Waals surface area (Å²) in [7, 11) is 0. The van der Waals surface area contributed by atoms with Gasteiger partial charge in [0.25, 0.3) is 11.8 Å². The number of nitrogens with one attached hydrogen (secondary N) is 1. The van der Waals surface area contributed by atoms with Gasteiger partial charge in [-0.1, -0.05) is 37.3 Å². The van der Waals surface area contributed by atoms with Gasteiger partial charge >= 0.3 is 6.03 Å². The van der Waals surface area contributed by atoms with Gasteiger partial charge < -0.3 is 4.74 Å². The van der Waals surface area contributed by atoms with Crippen LogP contribution < -0.4 is 15.0 Å². The number of amides is 4. The molecule has 1 aliphatic rings. The highest BCUT2D eigenvalue weighted by Gasteiger charge is 2.36. The lowest BCUT2D eigenvalue weighted by atomic mass is 10.1. The molecule has 0 aliphatic carbocycles. The van der Waals surface area contributed by atoms with Gasteiger partial charge in [-0.2, -0.15) is 0 Å². The molecule has 0 aromatic heterocycles. The normalized spacial score (nSPS) is 14.9. The summed E-state index contributed by atoms with van der Waals surface area (Å²) >= 11 is 5.52. The van der Waals surface area contributed by atoms with Crippen LogP contribution in [0.5, 0.6) is 5.75 Å². The summed E-state index contributed by atoms with van der Waals surface area (Å²) in [5.74, 6) is -1.34. The quantitative estimate of drug-likeness (QED) is 0.202. The molecule has 1 heterocycles. The number of barbiturate groups is 1. The predicted octanol–water partition coefficient (Wildman–Crippen LogP) is 6.00. The van der Waals surface area contributed by atoms with Crippen molar-refractivity contribution < 1.29 is 23.5 Å². The predicted molar refractivity (Wildman–Crippen MR) is 142 cm³/mol. The molecular formula is C26H19BrFIN2O4. The first-order chi connectivity index (χ1) is 16.8. The van der Waals surface area contributed by atoms with E-state index in [0.29, 0.717) is 30.6 Å². The van der Waals surface area contributed by atoms with Crippen LogP contribution in [0.3, 0.4) is 0 Å². The Morgan fingerprint density at radius 1 is 1.09 bits per heavy atom. The summed E-state index contributed by atoms with van der Waals surface area (Å²) in [6.07, 6.45) is 2.24. The van der Waals surface area contributed by atoms with E-state index in [4.69, 9.17) is 4.74 Å². The minimum atomic E-state index is -0.797. The van der Waals surface area contributed by atoms with Crippen molar-refractivity contribution in [1.29, 1.82) is 0 Å². The van der Waals surface area contributed by atoms with Crippen LogP contribution in [-0.4, -0.2) is 17.8 Å². The van der Waals surface area contributed by atoms with Crippen LogP contribution in [-0.2, 0) is 22.6 Å². The highest BCUT2D eigenvalue weighted by Crippen LogP contribution is 2.34. The summed E-state index contributed by atoms with van der Waals surface area (Å²) < 4.78 is 21.0. The van der Waals surface area contributed by atoms with Crippen LogP contribution in [0.25, 0.3) is 6.08 Å². The van der Waals surface area contributed by atoms with E-state index in [2.05, 4.69) is 43.8 Å². The molecule has 9 heteroatoms. The smallest absolute Gasteiger partial charge is 0.335 e. The van der Waals surface area contributed by atoms with Crippen LogP contribution in [0, 0.1) is 9.39 Å². The molecule has 1 fully saturated rings. The molecule has 35 heavy (non-hydrogen) atoms. The van der Waals surface area contributed by atoms with E-state index < -0.39 is 17.8 Å². The molecular weight excluding hydrogens is 630 g/mol. The Labute approximate surface area is 223 Å². The molecule has 0 atom stereocenters. The van der Waals surface area contributed by atoms with Gasteiger partial charge in [-0.25, -0.2) is 14.1 Å². The van der Waals surface area contributed by atoms with Crippen molar-refractivity contribution >= 4 is 68.1 Å². The van der Waals surface area contributed by atoms with Crippen LogP contribution in [0.1, 0.15) is 23.6 Å². The summed E-state index contributed by atoms with van der Waals surface area (Å²) in [5.41, 5.74) is 2.22. The second-order valence-electron chi connectivity index (χ2n) is 7.67. The van der Waals surface area contributed by atoms with Crippen LogP contribution in [0.15, 0.2) is 70.7 Å². The number of halogens is 3. The molecule has 0 radical (unpaired) electrons. The zero-order valence-electron chi connectivity index (χ0n) is 18.5. The van der Waals surface area contributed by atoms with E-state index in [1.807, 2.05) is 19.1 Å². The van der Waals surface area contributed by atoms with E-state index in [1.165, 1.54) is 12.1 Å². The number of hydrogen-bond donors (Lipinski definition) is 1. The van der Waals surface area contributed by atoms with Gasteiger partial charge in [-0.3, -0.25) is 14.9 Å². The molecule has 4 rings (SSSR count). The molecule has 1 aliphatic heterocycles. The molecule has 0 spiro atoms. The maximum Gasteiger partial charge on any atom is 0.335 e. The Kier molecular flexibility index (Phi) is 7.66. The van der Waals surface area contributed by atoms with Crippen molar-refractivity contribution in [2.45, 2.75) is 20.0 Å². The van der Waals surface area contributed by atoms with Crippen LogP contribution in [0.2, 0.25) is 0 Å². The highest BCUT2D eigenvalue weighted by molar-refractivity contribution is 14.1. The number of aryl methyl sites for hydroxylation is 1. The average Bonchev–Trinajstić information content (AvgIpc) is 2.82. The van der Waals surface area contributed by atoms with Gasteiger partial charge in [0.15, 0.2) is 0 Å². The molecule has 1 saturated heterocycles. The van der Waals surface area contributed by atoms with E-state index in [9.17, 15) is 18.8 Å². The summed E-state index contributed by atoms with van der Waals surface area (Å²) in [4.78, 5) is 39.0. The van der Waals surface area contributed by atoms with Gasteiger partial charge in [0.2, 0.25) is 0 Å². The third-order valence-electron chi connectivity index (χ3n) is 5.37. The number of urea groups is 1. The first-order valence-corrected chi connectivity index (χ1v) is 12.5. The number of nitrogens with zero attached hydrogens (tertiary/aromatic N) is 1. The zero-order chi connectivity index (χ0) is 25.1. The lowest BCUT2D eigenvalue weighted by Crippen LogP contribution is -2.54. The summed E-state index contributed by atoms with van der Waals surface area (Å²) in [6, 6.07) is 16.0. The molecule has 0 saturated carbocycles. The van der Waals surface area contributed by atoms with E-state index >= 15 is 0 Å². The molecule has 6 nitrogen and oxygen atoms in total. The van der Waals surface area contributed by atoms with Gasteiger partial charge in [-0.15, -0.1) is 0 Å². The number of carbonyl (C=O) groups is 3. The largest absolute Gasteiger partial charge is 0.486 e. The first kappa shape index (κ1) is 25.1. The number of benzene rings is 3. The van der Waals surface area contributed by atoms with Gasteiger partial charge in [0.05, 0.1) is 13.7 Å². The molecule has 1 N–H and O–H groups in total. The van der Waals surface area contributed by atoms with Gasteiger partial charge in [0.1, 0.15) is 23.7 Å². The lowest BCUT2D eigenvalue weighted by molar-refractivity contribution is -0.122. The topological polar surface area (TPSA) is 75.7 Å². The lowest BCUT2D eigenvalue weighted by Gasteiger charge is -2.26. The minimum absolute atomic E-state index is 0.0382. The molecule has 3 aromatic rings. The van der Waals surface area contributed by atoms with Crippen molar-refractivity contribution in [3.05, 3.63) is 96.8 Å². The Bertz CT molecular complexity index is 1330. The minimum Gasteiger partial charge on any atom is -0.486 e. The Morgan fingerprint density at radius 3 is 2.46 bits per heavy atom. The molecule has 178 valence electrons. The standard InChI is InChI=1S/C26H19BrFIN2O4/c1-2-15-7-9-18(10-8-15)31-25(33)19(24(32)30-26(31)34)11-16-12-20(27)23(22(29)13-16)35-14-17-5-3-4-6-21(17)28/h3-13H,2,14H2,1H3,(H,30,32,34)/b19-11-. The third kappa shape index (κ3) is 5.46. The van der Waals surface area contributed by atoms with Crippen molar-refractivity contribution in [3.8, 4) is 5.75 Å². The molecule has 4 amide bonds. The maximum absolute atomic E-state index is 13.9. The van der Waals surface area contributed by atoms with Crippen LogP contribution in [0.4, 0.5) is 14.9 Å². The Balaban J connectivity index is 1.60. The highest BCUT2D eigenvalue weighted by atomic mass is 127. The van der Waals surface area contributed by atoms with Crippen molar-refractivity contribution in [1.82, 2.24) is 5.32 Å². The number of imide groups is 2. The Morgan fingerprint density at radius 2 is 1.80 bits per heavy atom. The fourth-order valence-electron chi connectivity index (χ4n) is 3.51. The summed E-state index contributed by atoms with van der Waals surface area (Å²) in [5, 5.41) is 2.23. The van der Waals surface area contributed by atoms with Gasteiger partial charge in [0, 0.05) is 5.56 Å². The zero-order valence-corrected chi connectivity index (χ0v) is 22.2. The second-order valence-corrected chi connectivity index (χ2v) is 9.69. The maximum atomic E-state index is 13.9. The second kappa shape index (κ2) is 10.7. The first-order valence-electron chi connectivity index (χ1n) is 10.6. The number of ether oxygens (including phenoxy) is 1. The average molecular weight is 649 g/mol. The van der Waals surface area contributed by atoms with E-state index in [0.717, 1.165) is 16.9 Å². The number of anilines is 1.